The smallest absolute Gasteiger partial charge is 0.207 e. The summed E-state index contributed by atoms with van der Waals surface area (Å²) >= 11 is 4.23. The predicted octanol–water partition coefficient (Wildman–Crippen LogP) is 3.12. The Morgan fingerprint density at radius 1 is 1.00 bits per heavy atom. The van der Waals surface area contributed by atoms with Crippen molar-refractivity contribution in [2.45, 2.75) is 21.6 Å². The van der Waals surface area contributed by atoms with Crippen LogP contribution in [-0.4, -0.2) is 8.42 Å². The zero-order chi connectivity index (χ0) is 12.5. The molecule has 88 valence electrons. The van der Waals surface area contributed by atoms with E-state index < -0.39 is 9.84 Å². The van der Waals surface area contributed by atoms with Gasteiger partial charge in [0.25, 0.3) is 0 Å². The second-order valence-corrected chi connectivity index (χ2v) is 6.19. The van der Waals surface area contributed by atoms with Gasteiger partial charge < -0.3 is 0 Å². The zero-order valence-corrected chi connectivity index (χ0v) is 11.0. The molecule has 17 heavy (non-hydrogen) atoms. The average Bonchev–Trinajstić information content (AvgIpc) is 2.29. The fourth-order valence-corrected chi connectivity index (χ4v) is 3.57. The van der Waals surface area contributed by atoms with Gasteiger partial charge in [-0.15, -0.1) is 12.6 Å². The first kappa shape index (κ1) is 12.2. The van der Waals surface area contributed by atoms with Gasteiger partial charge in [-0.05, 0) is 36.8 Å². The van der Waals surface area contributed by atoms with Crippen LogP contribution in [0.4, 0.5) is 0 Å². The van der Waals surface area contributed by atoms with Crippen LogP contribution in [0.5, 0.6) is 0 Å². The van der Waals surface area contributed by atoms with E-state index >= 15 is 0 Å². The number of aryl methyl sites for hydroxylation is 1. The van der Waals surface area contributed by atoms with Crippen molar-refractivity contribution in [2.24, 2.45) is 0 Å². The van der Waals surface area contributed by atoms with Crippen molar-refractivity contribution in [1.82, 2.24) is 0 Å². The fraction of sp³-hybridized carbons (Fsp3) is 0.0769. The van der Waals surface area contributed by atoms with Crippen LogP contribution in [0.1, 0.15) is 5.56 Å². The SMILES string of the molecule is Cc1ccc(S(=O)(=O)c2ccccc2)c(S)c1. The first-order chi connectivity index (χ1) is 8.01. The third kappa shape index (κ3) is 2.37. The minimum absolute atomic E-state index is 0.248. The molecular weight excluding hydrogens is 252 g/mol. The molecule has 0 aliphatic carbocycles. The third-order valence-corrected chi connectivity index (χ3v) is 4.81. The Kier molecular flexibility index (Phi) is 3.26. The number of thiol groups is 1. The number of hydrogen-bond acceptors (Lipinski definition) is 3. The predicted molar refractivity (Wildman–Crippen MR) is 70.3 cm³/mol. The normalized spacial score (nSPS) is 11.4. The van der Waals surface area contributed by atoms with Crippen molar-refractivity contribution < 1.29 is 8.42 Å². The van der Waals surface area contributed by atoms with E-state index in [1.165, 1.54) is 0 Å². The van der Waals surface area contributed by atoms with Gasteiger partial charge in [0.2, 0.25) is 9.84 Å². The second-order valence-electron chi connectivity index (χ2n) is 3.79. The molecular formula is C13H12O2S2. The lowest BCUT2D eigenvalue weighted by atomic mass is 10.2. The van der Waals surface area contributed by atoms with Crippen LogP contribution in [0.15, 0.2) is 63.2 Å². The molecule has 0 bridgehead atoms. The molecule has 2 aromatic rings. The standard InChI is InChI=1S/C13H12O2S2/c1-10-7-8-13(12(16)9-10)17(14,15)11-5-3-2-4-6-11/h2-9,16H,1H3. The maximum Gasteiger partial charge on any atom is 0.207 e. The summed E-state index contributed by atoms with van der Waals surface area (Å²) < 4.78 is 24.6. The van der Waals surface area contributed by atoms with Crippen molar-refractivity contribution in [1.29, 1.82) is 0 Å². The fourth-order valence-electron chi connectivity index (χ4n) is 1.58. The molecule has 0 amide bonds. The van der Waals surface area contributed by atoms with E-state index in [2.05, 4.69) is 12.6 Å². The summed E-state index contributed by atoms with van der Waals surface area (Å²) in [5, 5.41) is 0. The number of benzene rings is 2. The molecule has 0 atom stereocenters. The Morgan fingerprint density at radius 3 is 2.24 bits per heavy atom. The van der Waals surface area contributed by atoms with Crippen LogP contribution < -0.4 is 0 Å². The first-order valence-corrected chi connectivity index (χ1v) is 7.04. The monoisotopic (exact) mass is 264 g/mol. The first-order valence-electron chi connectivity index (χ1n) is 5.11. The second kappa shape index (κ2) is 4.55. The minimum atomic E-state index is -3.46. The summed E-state index contributed by atoms with van der Waals surface area (Å²) in [6, 6.07) is 13.5. The van der Waals surface area contributed by atoms with Crippen molar-refractivity contribution in [3.8, 4) is 0 Å². The molecule has 0 saturated carbocycles. The van der Waals surface area contributed by atoms with Crippen molar-refractivity contribution in [3.05, 3.63) is 54.1 Å². The van der Waals surface area contributed by atoms with Gasteiger partial charge in [0.15, 0.2) is 0 Å². The molecule has 0 N–H and O–H groups in total. The molecule has 0 aliphatic heterocycles. The summed E-state index contributed by atoms with van der Waals surface area (Å²) in [6.07, 6.45) is 0. The van der Waals surface area contributed by atoms with Crippen LogP contribution >= 0.6 is 12.6 Å². The summed E-state index contributed by atoms with van der Waals surface area (Å²) in [5.41, 5.74) is 0.988. The highest BCUT2D eigenvalue weighted by molar-refractivity contribution is 7.92. The zero-order valence-electron chi connectivity index (χ0n) is 9.29. The number of hydrogen-bond donors (Lipinski definition) is 1. The van der Waals surface area contributed by atoms with Gasteiger partial charge in [0.1, 0.15) is 0 Å². The van der Waals surface area contributed by atoms with E-state index in [-0.39, 0.29) is 4.90 Å². The van der Waals surface area contributed by atoms with E-state index in [0.29, 0.717) is 9.79 Å². The van der Waals surface area contributed by atoms with E-state index in [1.807, 2.05) is 6.92 Å². The summed E-state index contributed by atoms with van der Waals surface area (Å²) in [6.45, 7) is 1.90. The maximum atomic E-state index is 12.3. The summed E-state index contributed by atoms with van der Waals surface area (Å²) in [4.78, 5) is 1.02. The Hall–Kier alpha value is -1.26. The van der Waals surface area contributed by atoms with Crippen LogP contribution in [0, 0.1) is 6.92 Å². The van der Waals surface area contributed by atoms with Crippen molar-refractivity contribution >= 4 is 22.5 Å². The topological polar surface area (TPSA) is 34.1 Å². The van der Waals surface area contributed by atoms with Gasteiger partial charge >= 0.3 is 0 Å². The largest absolute Gasteiger partial charge is 0.218 e. The van der Waals surface area contributed by atoms with Crippen LogP contribution in [-0.2, 0) is 9.84 Å². The molecule has 4 heteroatoms. The molecule has 0 aromatic heterocycles. The maximum absolute atomic E-state index is 12.3. The molecule has 0 heterocycles. The highest BCUT2D eigenvalue weighted by Crippen LogP contribution is 2.26. The van der Waals surface area contributed by atoms with E-state index in [9.17, 15) is 8.42 Å². The summed E-state index contributed by atoms with van der Waals surface area (Å²) in [5.74, 6) is 0. The number of sulfone groups is 1. The lowest BCUT2D eigenvalue weighted by Crippen LogP contribution is -2.02. The van der Waals surface area contributed by atoms with E-state index in [4.69, 9.17) is 0 Å². The average molecular weight is 264 g/mol. The summed E-state index contributed by atoms with van der Waals surface area (Å²) in [7, 11) is -3.46. The van der Waals surface area contributed by atoms with Gasteiger partial charge in [-0.1, -0.05) is 24.3 Å². The highest BCUT2D eigenvalue weighted by Gasteiger charge is 2.19. The third-order valence-electron chi connectivity index (χ3n) is 2.46. The number of rotatable bonds is 2. The lowest BCUT2D eigenvalue weighted by molar-refractivity contribution is 0.594. The van der Waals surface area contributed by atoms with Crippen molar-refractivity contribution in [3.63, 3.8) is 0 Å². The highest BCUT2D eigenvalue weighted by atomic mass is 32.2. The molecule has 0 spiro atoms. The Balaban J connectivity index is 2.61. The molecule has 2 aromatic carbocycles. The minimum Gasteiger partial charge on any atom is -0.218 e. The Morgan fingerprint density at radius 2 is 1.65 bits per heavy atom. The van der Waals surface area contributed by atoms with Gasteiger partial charge in [-0.25, -0.2) is 8.42 Å². The molecule has 0 fully saturated rings. The molecule has 0 aliphatic rings. The molecule has 0 unspecified atom stereocenters. The van der Waals surface area contributed by atoms with E-state index in [0.717, 1.165) is 5.56 Å². The molecule has 2 nitrogen and oxygen atoms in total. The Bertz CT molecular complexity index is 632. The quantitative estimate of drug-likeness (QED) is 0.846. The lowest BCUT2D eigenvalue weighted by Gasteiger charge is -2.07. The molecule has 2 rings (SSSR count). The van der Waals surface area contributed by atoms with Gasteiger partial charge in [0.05, 0.1) is 9.79 Å². The van der Waals surface area contributed by atoms with Crippen LogP contribution in [0.3, 0.4) is 0 Å². The van der Waals surface area contributed by atoms with Gasteiger partial charge in [-0.2, -0.15) is 0 Å². The molecule has 0 radical (unpaired) electrons. The molecule has 0 saturated heterocycles. The Labute approximate surface area is 107 Å². The van der Waals surface area contributed by atoms with Crippen LogP contribution in [0.2, 0.25) is 0 Å². The van der Waals surface area contributed by atoms with Gasteiger partial charge in [-0.3, -0.25) is 0 Å². The van der Waals surface area contributed by atoms with Crippen LogP contribution in [0.25, 0.3) is 0 Å². The van der Waals surface area contributed by atoms with Crippen molar-refractivity contribution in [2.75, 3.05) is 0 Å². The van der Waals surface area contributed by atoms with Gasteiger partial charge in [0, 0.05) is 4.90 Å². The van der Waals surface area contributed by atoms with E-state index in [1.54, 1.807) is 48.5 Å².